The van der Waals surface area contributed by atoms with Crippen LogP contribution in [0.15, 0.2) is 42.5 Å². The molecule has 0 fully saturated rings. The fourth-order valence-corrected chi connectivity index (χ4v) is 1.98. The summed E-state index contributed by atoms with van der Waals surface area (Å²) < 4.78 is 19.3. The van der Waals surface area contributed by atoms with E-state index in [9.17, 15) is 19.3 Å². The van der Waals surface area contributed by atoms with Gasteiger partial charge in [-0.05, 0) is 30.7 Å². The number of non-ortho nitro benzene ring substituents is 1. The van der Waals surface area contributed by atoms with Gasteiger partial charge in [0.2, 0.25) is 0 Å². The number of carbonyl (C=O) groups excluding carboxylic acids is 1. The molecule has 0 aromatic heterocycles. The molecule has 1 N–H and O–H groups in total. The Morgan fingerprint density at radius 2 is 2.08 bits per heavy atom. The minimum absolute atomic E-state index is 0.244. The number of hydrogen-bond donors (Lipinski definition) is 1. The Balaban J connectivity index is 2.14. The summed E-state index contributed by atoms with van der Waals surface area (Å²) in [4.78, 5) is 22.3. The molecule has 0 saturated carbocycles. The minimum Gasteiger partial charge on any atom is -0.494 e. The average molecular weight is 332 g/mol. The van der Waals surface area contributed by atoms with Crippen LogP contribution in [-0.4, -0.2) is 17.4 Å². The first-order valence-corrected chi connectivity index (χ1v) is 7.49. The molecule has 0 radical (unpaired) electrons. The number of amides is 1. The second-order valence-corrected chi connectivity index (χ2v) is 5.11. The molecule has 0 unspecified atom stereocenters. The van der Waals surface area contributed by atoms with Gasteiger partial charge in [-0.2, -0.15) is 0 Å². The zero-order valence-electron chi connectivity index (χ0n) is 13.1. The number of halogens is 1. The maximum absolute atomic E-state index is 13.7. The standard InChI is InChI=1S/C17H17FN2O4/c1-2-3-9-24-14-6-4-5-12(10-14)17(21)19-16-11-13(20(22)23)7-8-15(16)18/h4-8,10-11H,2-3,9H2,1H3,(H,19,21). The molecule has 24 heavy (non-hydrogen) atoms. The summed E-state index contributed by atoms with van der Waals surface area (Å²) in [6.07, 6.45) is 1.89. The van der Waals surface area contributed by atoms with Gasteiger partial charge in [-0.3, -0.25) is 14.9 Å². The van der Waals surface area contributed by atoms with Crippen molar-refractivity contribution in [3.63, 3.8) is 0 Å². The van der Waals surface area contributed by atoms with E-state index in [0.29, 0.717) is 12.4 Å². The molecular weight excluding hydrogens is 315 g/mol. The third kappa shape index (κ3) is 4.52. The number of carbonyl (C=O) groups is 1. The molecule has 0 spiro atoms. The predicted octanol–water partition coefficient (Wildman–Crippen LogP) is 4.17. The second kappa shape index (κ2) is 8.05. The van der Waals surface area contributed by atoms with Crippen molar-refractivity contribution in [1.82, 2.24) is 0 Å². The number of ether oxygens (including phenoxy) is 1. The largest absolute Gasteiger partial charge is 0.494 e. The molecule has 0 saturated heterocycles. The molecule has 0 aliphatic rings. The van der Waals surface area contributed by atoms with Gasteiger partial charge in [-0.15, -0.1) is 0 Å². The van der Waals surface area contributed by atoms with Gasteiger partial charge >= 0.3 is 0 Å². The van der Waals surface area contributed by atoms with Crippen molar-refractivity contribution in [3.8, 4) is 5.75 Å². The van der Waals surface area contributed by atoms with E-state index >= 15 is 0 Å². The van der Waals surface area contributed by atoms with Crippen LogP contribution < -0.4 is 10.1 Å². The van der Waals surface area contributed by atoms with Gasteiger partial charge in [0.05, 0.1) is 17.2 Å². The SMILES string of the molecule is CCCCOc1cccc(C(=O)Nc2cc([N+](=O)[O-])ccc2F)c1. The topological polar surface area (TPSA) is 81.5 Å². The lowest BCUT2D eigenvalue weighted by atomic mass is 10.2. The van der Waals surface area contributed by atoms with Crippen LogP contribution in [0.1, 0.15) is 30.1 Å². The predicted molar refractivity (Wildman–Crippen MR) is 87.9 cm³/mol. The van der Waals surface area contributed by atoms with Crippen LogP contribution in [0.25, 0.3) is 0 Å². The lowest BCUT2D eigenvalue weighted by Gasteiger charge is -2.09. The Kier molecular flexibility index (Phi) is 5.83. The molecule has 126 valence electrons. The summed E-state index contributed by atoms with van der Waals surface area (Å²) in [6, 6.07) is 9.43. The van der Waals surface area contributed by atoms with Crippen LogP contribution in [0.3, 0.4) is 0 Å². The van der Waals surface area contributed by atoms with E-state index in [1.54, 1.807) is 24.3 Å². The highest BCUT2D eigenvalue weighted by Gasteiger charge is 2.14. The van der Waals surface area contributed by atoms with E-state index < -0.39 is 16.6 Å². The fourth-order valence-electron chi connectivity index (χ4n) is 1.98. The molecule has 2 aromatic carbocycles. The van der Waals surface area contributed by atoms with Gasteiger partial charge in [0.15, 0.2) is 0 Å². The summed E-state index contributed by atoms with van der Waals surface area (Å²) in [6.45, 7) is 2.59. The van der Waals surface area contributed by atoms with E-state index in [-0.39, 0.29) is 16.9 Å². The Hall–Kier alpha value is -2.96. The quantitative estimate of drug-likeness (QED) is 0.469. The molecule has 2 rings (SSSR count). The molecule has 0 bridgehead atoms. The second-order valence-electron chi connectivity index (χ2n) is 5.11. The van der Waals surface area contributed by atoms with Gasteiger partial charge < -0.3 is 10.1 Å². The van der Waals surface area contributed by atoms with Gasteiger partial charge in [-0.1, -0.05) is 19.4 Å². The van der Waals surface area contributed by atoms with Crippen LogP contribution in [0, 0.1) is 15.9 Å². The highest BCUT2D eigenvalue weighted by Crippen LogP contribution is 2.22. The number of anilines is 1. The highest BCUT2D eigenvalue weighted by atomic mass is 19.1. The Labute approximate surface area is 138 Å². The molecule has 0 aliphatic heterocycles. The zero-order chi connectivity index (χ0) is 17.5. The fraction of sp³-hybridized carbons (Fsp3) is 0.235. The minimum atomic E-state index is -0.746. The van der Waals surface area contributed by atoms with Crippen molar-refractivity contribution in [2.24, 2.45) is 0 Å². The van der Waals surface area contributed by atoms with Crippen molar-refractivity contribution >= 4 is 17.3 Å². The molecule has 0 heterocycles. The first-order chi connectivity index (χ1) is 11.5. The zero-order valence-corrected chi connectivity index (χ0v) is 13.1. The molecule has 1 amide bonds. The van der Waals surface area contributed by atoms with Crippen LogP contribution in [0.4, 0.5) is 15.8 Å². The van der Waals surface area contributed by atoms with Crippen molar-refractivity contribution < 1.29 is 18.8 Å². The number of nitrogens with zero attached hydrogens (tertiary/aromatic N) is 1. The van der Waals surface area contributed by atoms with Gasteiger partial charge in [-0.25, -0.2) is 4.39 Å². The molecule has 0 aliphatic carbocycles. The molecular formula is C17H17FN2O4. The summed E-state index contributed by atoms with van der Waals surface area (Å²) >= 11 is 0. The Morgan fingerprint density at radius 3 is 2.79 bits per heavy atom. The monoisotopic (exact) mass is 332 g/mol. The maximum Gasteiger partial charge on any atom is 0.271 e. The number of nitro groups is 1. The van der Waals surface area contributed by atoms with Gasteiger partial charge in [0.1, 0.15) is 11.6 Å². The third-order valence-corrected chi connectivity index (χ3v) is 3.27. The van der Waals surface area contributed by atoms with Crippen molar-refractivity contribution in [2.75, 3.05) is 11.9 Å². The van der Waals surface area contributed by atoms with Crippen LogP contribution in [0.2, 0.25) is 0 Å². The number of hydrogen-bond acceptors (Lipinski definition) is 4. The number of nitro benzene ring substituents is 1. The first-order valence-electron chi connectivity index (χ1n) is 7.49. The van der Waals surface area contributed by atoms with Crippen LogP contribution in [-0.2, 0) is 0 Å². The summed E-state index contributed by atoms with van der Waals surface area (Å²) in [5.74, 6) is -0.782. The summed E-state index contributed by atoms with van der Waals surface area (Å²) in [5, 5.41) is 13.1. The van der Waals surface area contributed by atoms with Crippen molar-refractivity contribution in [2.45, 2.75) is 19.8 Å². The lowest BCUT2D eigenvalue weighted by molar-refractivity contribution is -0.384. The molecule has 6 nitrogen and oxygen atoms in total. The number of unbranched alkanes of at least 4 members (excludes halogenated alkanes) is 1. The normalized spacial score (nSPS) is 10.2. The van der Waals surface area contributed by atoms with Crippen molar-refractivity contribution in [3.05, 3.63) is 64.0 Å². The van der Waals surface area contributed by atoms with Crippen LogP contribution in [0.5, 0.6) is 5.75 Å². The molecule has 0 atom stereocenters. The first kappa shape index (κ1) is 17.4. The van der Waals surface area contributed by atoms with Gasteiger partial charge in [0.25, 0.3) is 11.6 Å². The third-order valence-electron chi connectivity index (χ3n) is 3.27. The summed E-state index contributed by atoms with van der Waals surface area (Å²) in [5.41, 5.74) is -0.273. The average Bonchev–Trinajstić information content (AvgIpc) is 2.57. The number of benzene rings is 2. The number of nitrogens with one attached hydrogen (secondary N) is 1. The van der Waals surface area contributed by atoms with E-state index in [1.165, 1.54) is 0 Å². The van der Waals surface area contributed by atoms with Crippen molar-refractivity contribution in [1.29, 1.82) is 0 Å². The van der Waals surface area contributed by atoms with E-state index in [4.69, 9.17) is 4.74 Å². The van der Waals surface area contributed by atoms with Gasteiger partial charge in [0, 0.05) is 17.7 Å². The number of rotatable bonds is 7. The van der Waals surface area contributed by atoms with Crippen LogP contribution >= 0.6 is 0 Å². The lowest BCUT2D eigenvalue weighted by Crippen LogP contribution is -2.13. The maximum atomic E-state index is 13.7. The Bertz CT molecular complexity index is 749. The van der Waals surface area contributed by atoms with E-state index in [0.717, 1.165) is 31.0 Å². The smallest absolute Gasteiger partial charge is 0.271 e. The Morgan fingerprint density at radius 1 is 1.29 bits per heavy atom. The molecule has 2 aromatic rings. The van der Waals surface area contributed by atoms with E-state index in [2.05, 4.69) is 5.32 Å². The molecule has 7 heteroatoms. The highest BCUT2D eigenvalue weighted by molar-refractivity contribution is 6.04. The van der Waals surface area contributed by atoms with E-state index in [1.807, 2.05) is 6.92 Å². The summed E-state index contributed by atoms with van der Waals surface area (Å²) in [7, 11) is 0.